The molecule has 0 fully saturated rings. The van der Waals surface area contributed by atoms with Gasteiger partial charge in [0.25, 0.3) is 5.91 Å². The molecule has 0 spiro atoms. The Morgan fingerprint density at radius 1 is 1.50 bits per heavy atom. The Labute approximate surface area is 110 Å². The lowest BCUT2D eigenvalue weighted by Crippen LogP contribution is -2.47. The Bertz CT molecular complexity index is 477. The first-order valence-electron chi connectivity index (χ1n) is 5.41. The highest BCUT2D eigenvalue weighted by Gasteiger charge is 2.21. The Hall–Kier alpha value is -1.69. The van der Waals surface area contributed by atoms with E-state index in [2.05, 4.69) is 5.32 Å². The van der Waals surface area contributed by atoms with Crippen LogP contribution < -0.4 is 11.1 Å². The zero-order chi connectivity index (χ0) is 13.9. The van der Waals surface area contributed by atoms with Crippen molar-refractivity contribution < 1.29 is 14.3 Å². The third-order valence-corrected chi connectivity index (χ3v) is 2.71. The zero-order valence-corrected chi connectivity index (χ0v) is 10.9. The molecule has 0 heterocycles. The second-order valence-electron chi connectivity index (χ2n) is 4.26. The van der Waals surface area contributed by atoms with Crippen molar-refractivity contribution in [3.05, 3.63) is 29.6 Å². The molecule has 1 rings (SSSR count). The van der Waals surface area contributed by atoms with Gasteiger partial charge in [0.2, 0.25) is 0 Å². The van der Waals surface area contributed by atoms with Gasteiger partial charge in [-0.1, -0.05) is 26.1 Å². The van der Waals surface area contributed by atoms with Gasteiger partial charge in [0.1, 0.15) is 11.6 Å². The maximum Gasteiger partial charge on any atom is 0.254 e. The normalized spacial score (nSPS) is 12.2. The largest absolute Gasteiger partial charge is 0.508 e. The van der Waals surface area contributed by atoms with Crippen LogP contribution in [-0.4, -0.2) is 22.0 Å². The molecule has 0 aromatic heterocycles. The van der Waals surface area contributed by atoms with Crippen molar-refractivity contribution in [2.75, 3.05) is 0 Å². The van der Waals surface area contributed by atoms with E-state index in [1.807, 2.05) is 13.8 Å². The minimum atomic E-state index is -0.794. The summed E-state index contributed by atoms with van der Waals surface area (Å²) in [6, 6.07) is 2.82. The summed E-state index contributed by atoms with van der Waals surface area (Å²) in [6.07, 6.45) is 0. The number of nitrogens with one attached hydrogen (secondary N) is 1. The molecule has 98 valence electrons. The molecule has 6 heteroatoms. The van der Waals surface area contributed by atoms with E-state index in [1.54, 1.807) is 0 Å². The van der Waals surface area contributed by atoms with Crippen LogP contribution in [0.5, 0.6) is 5.75 Å². The molecule has 1 unspecified atom stereocenters. The van der Waals surface area contributed by atoms with Crippen molar-refractivity contribution >= 4 is 23.1 Å². The first-order valence-corrected chi connectivity index (χ1v) is 5.82. The van der Waals surface area contributed by atoms with Gasteiger partial charge in [-0.05, 0) is 18.1 Å². The molecule has 4 nitrogen and oxygen atoms in total. The van der Waals surface area contributed by atoms with E-state index in [0.717, 1.165) is 6.07 Å². The second kappa shape index (κ2) is 5.77. The van der Waals surface area contributed by atoms with Crippen LogP contribution >= 0.6 is 12.2 Å². The number of phenolic OH excluding ortho intramolecular Hbond substituents is 1. The zero-order valence-electron chi connectivity index (χ0n) is 10.1. The van der Waals surface area contributed by atoms with Crippen LogP contribution in [0.4, 0.5) is 4.39 Å². The Morgan fingerprint density at radius 2 is 2.11 bits per heavy atom. The van der Waals surface area contributed by atoms with Crippen LogP contribution in [0, 0.1) is 11.7 Å². The number of carbonyl (C=O) groups is 1. The van der Waals surface area contributed by atoms with E-state index >= 15 is 0 Å². The second-order valence-corrected chi connectivity index (χ2v) is 4.73. The molecule has 0 aliphatic rings. The van der Waals surface area contributed by atoms with Gasteiger partial charge in [0.15, 0.2) is 0 Å². The number of hydrogen-bond acceptors (Lipinski definition) is 3. The van der Waals surface area contributed by atoms with Crippen LogP contribution in [0.1, 0.15) is 24.2 Å². The van der Waals surface area contributed by atoms with E-state index in [9.17, 15) is 9.18 Å². The summed E-state index contributed by atoms with van der Waals surface area (Å²) >= 11 is 4.84. The van der Waals surface area contributed by atoms with Crippen molar-refractivity contribution in [2.45, 2.75) is 19.9 Å². The van der Waals surface area contributed by atoms with Crippen LogP contribution in [0.25, 0.3) is 0 Å². The van der Waals surface area contributed by atoms with E-state index < -0.39 is 17.8 Å². The molecule has 0 aliphatic carbocycles. The Kier molecular flexibility index (Phi) is 4.61. The van der Waals surface area contributed by atoms with Gasteiger partial charge < -0.3 is 16.2 Å². The maximum absolute atomic E-state index is 13.5. The fraction of sp³-hybridized carbons (Fsp3) is 0.333. The number of amides is 1. The van der Waals surface area contributed by atoms with E-state index in [1.165, 1.54) is 12.1 Å². The van der Waals surface area contributed by atoms with Gasteiger partial charge in [0, 0.05) is 6.07 Å². The summed E-state index contributed by atoms with van der Waals surface area (Å²) in [5, 5.41) is 11.6. The first kappa shape index (κ1) is 14.4. The molecule has 0 radical (unpaired) electrons. The summed E-state index contributed by atoms with van der Waals surface area (Å²) in [6.45, 7) is 3.69. The van der Waals surface area contributed by atoms with Gasteiger partial charge in [-0.3, -0.25) is 4.79 Å². The fourth-order valence-corrected chi connectivity index (χ4v) is 1.80. The SMILES string of the molecule is CC(C)C(NC(=O)c1ccc(O)cc1F)C(N)=S. The number of hydrogen-bond donors (Lipinski definition) is 3. The fourth-order valence-electron chi connectivity index (χ4n) is 1.47. The molecule has 1 aromatic carbocycles. The predicted octanol–water partition coefficient (Wildman–Crippen LogP) is 1.57. The molecule has 0 saturated heterocycles. The topological polar surface area (TPSA) is 75.3 Å². The quantitative estimate of drug-likeness (QED) is 0.726. The summed E-state index contributed by atoms with van der Waals surface area (Å²) < 4.78 is 13.5. The van der Waals surface area contributed by atoms with Crippen LogP contribution in [0.3, 0.4) is 0 Å². The molecule has 4 N–H and O–H groups in total. The van der Waals surface area contributed by atoms with Crippen LogP contribution in [0.15, 0.2) is 18.2 Å². The number of benzene rings is 1. The Balaban J connectivity index is 2.91. The molecular weight excluding hydrogens is 255 g/mol. The standard InChI is InChI=1S/C12H15FN2O2S/c1-6(2)10(11(14)18)15-12(17)8-4-3-7(16)5-9(8)13/h3-6,10,16H,1-2H3,(H2,14,18)(H,15,17). The molecule has 1 aromatic rings. The van der Waals surface area contributed by atoms with Crippen LogP contribution in [-0.2, 0) is 0 Å². The molecule has 0 aliphatic heterocycles. The minimum absolute atomic E-state index is 0.00614. The number of rotatable bonds is 4. The lowest BCUT2D eigenvalue weighted by Gasteiger charge is -2.21. The number of phenols is 1. The van der Waals surface area contributed by atoms with Crippen molar-refractivity contribution in [3.8, 4) is 5.75 Å². The van der Waals surface area contributed by atoms with Crippen molar-refractivity contribution in [1.82, 2.24) is 5.32 Å². The number of carbonyl (C=O) groups excluding carboxylic acids is 1. The van der Waals surface area contributed by atoms with E-state index in [4.69, 9.17) is 23.1 Å². The number of aromatic hydroxyl groups is 1. The summed E-state index contributed by atoms with van der Waals surface area (Å²) in [4.78, 5) is 12.0. The summed E-state index contributed by atoms with van der Waals surface area (Å²) in [7, 11) is 0. The monoisotopic (exact) mass is 270 g/mol. The lowest BCUT2D eigenvalue weighted by atomic mass is 10.0. The average molecular weight is 270 g/mol. The lowest BCUT2D eigenvalue weighted by molar-refractivity contribution is 0.0936. The summed E-state index contributed by atoms with van der Waals surface area (Å²) in [5.74, 6) is -1.64. The van der Waals surface area contributed by atoms with Gasteiger partial charge >= 0.3 is 0 Å². The average Bonchev–Trinajstić information content (AvgIpc) is 2.24. The molecule has 1 amide bonds. The predicted molar refractivity (Wildman–Crippen MR) is 70.9 cm³/mol. The highest BCUT2D eigenvalue weighted by atomic mass is 32.1. The first-order chi connectivity index (χ1) is 8.32. The van der Waals surface area contributed by atoms with Crippen LogP contribution in [0.2, 0.25) is 0 Å². The molecule has 0 saturated carbocycles. The Morgan fingerprint density at radius 3 is 2.56 bits per heavy atom. The highest BCUT2D eigenvalue weighted by Crippen LogP contribution is 2.15. The third-order valence-electron chi connectivity index (χ3n) is 2.46. The molecule has 1 atom stereocenters. The van der Waals surface area contributed by atoms with Crippen molar-refractivity contribution in [3.63, 3.8) is 0 Å². The maximum atomic E-state index is 13.5. The van der Waals surface area contributed by atoms with Gasteiger partial charge in [-0.15, -0.1) is 0 Å². The highest BCUT2D eigenvalue weighted by molar-refractivity contribution is 7.80. The number of nitrogens with two attached hydrogens (primary N) is 1. The van der Waals surface area contributed by atoms with Gasteiger partial charge in [-0.2, -0.15) is 0 Å². The minimum Gasteiger partial charge on any atom is -0.508 e. The van der Waals surface area contributed by atoms with Crippen molar-refractivity contribution in [1.29, 1.82) is 0 Å². The molecular formula is C12H15FN2O2S. The van der Waals surface area contributed by atoms with Gasteiger partial charge in [0.05, 0.1) is 16.6 Å². The smallest absolute Gasteiger partial charge is 0.254 e. The summed E-state index contributed by atoms with van der Waals surface area (Å²) in [5.41, 5.74) is 5.35. The van der Waals surface area contributed by atoms with E-state index in [0.29, 0.717) is 0 Å². The van der Waals surface area contributed by atoms with Gasteiger partial charge in [-0.25, -0.2) is 4.39 Å². The van der Waals surface area contributed by atoms with Crippen molar-refractivity contribution in [2.24, 2.45) is 11.7 Å². The number of thiocarbonyl (C=S) groups is 1. The molecule has 18 heavy (non-hydrogen) atoms. The molecule has 0 bridgehead atoms. The number of halogens is 1. The third kappa shape index (κ3) is 3.40. The van der Waals surface area contributed by atoms with E-state index in [-0.39, 0.29) is 22.2 Å².